The summed E-state index contributed by atoms with van der Waals surface area (Å²) in [6.07, 6.45) is 2.69. The van der Waals surface area contributed by atoms with Gasteiger partial charge in [-0.05, 0) is 25.1 Å². The Hall–Kier alpha value is -3.55. The average molecular weight is 326 g/mol. The third-order valence-electron chi connectivity index (χ3n) is 3.32. The fourth-order valence-electron chi connectivity index (χ4n) is 2.10. The Bertz CT molecular complexity index is 883. The number of rotatable bonds is 3. The van der Waals surface area contributed by atoms with Gasteiger partial charge in [-0.1, -0.05) is 18.2 Å². The number of aromatic nitrogens is 2. The van der Waals surface area contributed by atoms with Crippen LogP contribution in [0.5, 0.6) is 5.75 Å². The number of nitrogens with one attached hydrogen (secondary N) is 2. The van der Waals surface area contributed by atoms with Gasteiger partial charge in [0.2, 0.25) is 0 Å². The van der Waals surface area contributed by atoms with E-state index in [2.05, 4.69) is 16.0 Å². The first-order valence-corrected chi connectivity index (χ1v) is 7.05. The lowest BCUT2D eigenvalue weighted by Crippen LogP contribution is -2.41. The van der Waals surface area contributed by atoms with Gasteiger partial charge < -0.3 is 9.52 Å². The molecule has 3 rings (SSSR count). The molecule has 0 aliphatic carbocycles. The lowest BCUT2D eigenvalue weighted by atomic mass is 10.2. The molecule has 0 radical (unpaired) electrons. The molecule has 0 aliphatic rings. The van der Waals surface area contributed by atoms with Gasteiger partial charge in [0.25, 0.3) is 11.8 Å². The van der Waals surface area contributed by atoms with Crippen molar-refractivity contribution in [3.63, 3.8) is 0 Å². The molecule has 0 atom stereocenters. The van der Waals surface area contributed by atoms with Crippen LogP contribution < -0.4 is 10.9 Å². The number of carbonyl (C=O) groups is 2. The van der Waals surface area contributed by atoms with Crippen LogP contribution >= 0.6 is 0 Å². The number of aryl methyl sites for hydroxylation is 1. The third-order valence-corrected chi connectivity index (χ3v) is 3.32. The van der Waals surface area contributed by atoms with Crippen molar-refractivity contribution >= 4 is 11.8 Å². The predicted molar refractivity (Wildman–Crippen MR) is 83.6 cm³/mol. The summed E-state index contributed by atoms with van der Waals surface area (Å²) in [6.45, 7) is 1.63. The van der Waals surface area contributed by atoms with Crippen molar-refractivity contribution in [2.45, 2.75) is 6.92 Å². The highest BCUT2D eigenvalue weighted by atomic mass is 16.3. The number of hydrogen-bond acceptors (Lipinski definition) is 5. The van der Waals surface area contributed by atoms with Crippen molar-refractivity contribution in [2.75, 3.05) is 0 Å². The molecule has 0 unspecified atom stereocenters. The summed E-state index contributed by atoms with van der Waals surface area (Å²) in [4.78, 5) is 24.0. The zero-order valence-electron chi connectivity index (χ0n) is 12.7. The first kappa shape index (κ1) is 15.3. The maximum atomic E-state index is 12.1. The van der Waals surface area contributed by atoms with Crippen LogP contribution in [0.25, 0.3) is 5.69 Å². The molecule has 3 aromatic rings. The maximum absolute atomic E-state index is 12.1. The van der Waals surface area contributed by atoms with Crippen molar-refractivity contribution in [3.8, 4) is 11.4 Å². The van der Waals surface area contributed by atoms with Crippen molar-refractivity contribution < 1.29 is 19.1 Å². The molecular formula is C16H14N4O4. The molecule has 8 nitrogen and oxygen atoms in total. The number of hydrogen-bond donors (Lipinski definition) is 3. The van der Waals surface area contributed by atoms with Crippen LogP contribution in [0.2, 0.25) is 0 Å². The lowest BCUT2D eigenvalue weighted by Gasteiger charge is -2.05. The number of aromatic hydroxyl groups is 1. The lowest BCUT2D eigenvalue weighted by molar-refractivity contribution is 0.0841. The van der Waals surface area contributed by atoms with E-state index < -0.39 is 11.8 Å². The predicted octanol–water partition coefficient (Wildman–Crippen LogP) is 1.55. The zero-order chi connectivity index (χ0) is 17.1. The Kier molecular flexibility index (Phi) is 4.02. The second-order valence-electron chi connectivity index (χ2n) is 4.94. The van der Waals surface area contributed by atoms with E-state index in [-0.39, 0.29) is 11.4 Å². The zero-order valence-corrected chi connectivity index (χ0v) is 12.7. The second kappa shape index (κ2) is 6.29. The molecule has 3 N–H and O–H groups in total. The van der Waals surface area contributed by atoms with Crippen LogP contribution in [0, 0.1) is 6.92 Å². The van der Waals surface area contributed by atoms with E-state index in [4.69, 9.17) is 4.42 Å². The monoisotopic (exact) mass is 326 g/mol. The number of carbonyl (C=O) groups excluding carboxylic acids is 2. The van der Waals surface area contributed by atoms with Gasteiger partial charge in [-0.15, -0.1) is 0 Å². The summed E-state index contributed by atoms with van der Waals surface area (Å²) in [5.41, 5.74) is 5.23. The first-order chi connectivity index (χ1) is 11.6. The molecule has 0 fully saturated rings. The Morgan fingerprint density at radius 3 is 2.50 bits per heavy atom. The number of nitrogens with zero attached hydrogens (tertiary/aromatic N) is 2. The number of benzene rings is 1. The smallest absolute Gasteiger partial charge is 0.294 e. The fraction of sp³-hybridized carbons (Fsp3) is 0.0625. The van der Waals surface area contributed by atoms with E-state index in [1.54, 1.807) is 31.2 Å². The normalized spacial score (nSPS) is 10.4. The number of para-hydroxylation sites is 1. The Morgan fingerprint density at radius 2 is 1.83 bits per heavy atom. The number of amides is 2. The van der Waals surface area contributed by atoms with Crippen molar-refractivity contribution in [3.05, 3.63) is 65.9 Å². The van der Waals surface area contributed by atoms with E-state index in [0.29, 0.717) is 17.0 Å². The van der Waals surface area contributed by atoms with Gasteiger partial charge in [0.15, 0.2) is 11.4 Å². The van der Waals surface area contributed by atoms with Crippen LogP contribution in [0.1, 0.15) is 26.6 Å². The minimum Gasteiger partial charge on any atom is -0.504 e. The van der Waals surface area contributed by atoms with E-state index in [1.807, 2.05) is 6.07 Å². The van der Waals surface area contributed by atoms with Crippen LogP contribution in [0.4, 0.5) is 0 Å². The molecule has 24 heavy (non-hydrogen) atoms. The second-order valence-corrected chi connectivity index (χ2v) is 4.94. The van der Waals surface area contributed by atoms with Gasteiger partial charge in [-0.2, -0.15) is 5.10 Å². The molecule has 2 aromatic heterocycles. The van der Waals surface area contributed by atoms with Crippen LogP contribution in [0.15, 0.2) is 53.3 Å². The number of hydrazine groups is 1. The Morgan fingerprint density at radius 1 is 1.12 bits per heavy atom. The highest BCUT2D eigenvalue weighted by molar-refractivity contribution is 5.99. The topological polar surface area (TPSA) is 109 Å². The molecule has 0 saturated carbocycles. The molecule has 8 heteroatoms. The molecule has 0 aliphatic heterocycles. The summed E-state index contributed by atoms with van der Waals surface area (Å²) in [5, 5.41) is 13.9. The van der Waals surface area contributed by atoms with Crippen LogP contribution in [0.3, 0.4) is 0 Å². The Labute approximate surface area is 136 Å². The minimum atomic E-state index is -0.739. The Balaban J connectivity index is 1.71. The van der Waals surface area contributed by atoms with E-state index in [0.717, 1.165) is 0 Å². The van der Waals surface area contributed by atoms with Gasteiger partial charge >= 0.3 is 0 Å². The highest BCUT2D eigenvalue weighted by Crippen LogP contribution is 2.17. The van der Waals surface area contributed by atoms with Gasteiger partial charge in [-0.25, -0.2) is 4.68 Å². The summed E-state index contributed by atoms with van der Waals surface area (Å²) < 4.78 is 6.39. The van der Waals surface area contributed by atoms with E-state index in [1.165, 1.54) is 23.2 Å². The molecule has 2 heterocycles. The summed E-state index contributed by atoms with van der Waals surface area (Å²) in [6, 6.07) is 10.5. The average Bonchev–Trinajstić information content (AvgIpc) is 3.19. The van der Waals surface area contributed by atoms with Crippen LogP contribution in [-0.4, -0.2) is 26.7 Å². The third kappa shape index (κ3) is 2.98. The molecule has 0 spiro atoms. The molecule has 0 bridgehead atoms. The summed E-state index contributed by atoms with van der Waals surface area (Å²) >= 11 is 0. The largest absolute Gasteiger partial charge is 0.504 e. The van der Waals surface area contributed by atoms with Crippen LogP contribution in [-0.2, 0) is 0 Å². The first-order valence-electron chi connectivity index (χ1n) is 7.05. The van der Waals surface area contributed by atoms with Crippen molar-refractivity contribution in [2.24, 2.45) is 0 Å². The van der Waals surface area contributed by atoms with Gasteiger partial charge in [0.1, 0.15) is 5.76 Å². The quantitative estimate of drug-likeness (QED) is 0.633. The van der Waals surface area contributed by atoms with Crippen molar-refractivity contribution in [1.82, 2.24) is 20.6 Å². The summed E-state index contributed by atoms with van der Waals surface area (Å²) in [5.74, 6) is -1.14. The molecule has 122 valence electrons. The fourth-order valence-corrected chi connectivity index (χ4v) is 2.10. The van der Waals surface area contributed by atoms with Gasteiger partial charge in [0.05, 0.1) is 23.7 Å². The molecular weight excluding hydrogens is 312 g/mol. The molecule has 0 saturated heterocycles. The number of furan rings is 1. The van der Waals surface area contributed by atoms with Crippen molar-refractivity contribution in [1.29, 1.82) is 0 Å². The summed E-state index contributed by atoms with van der Waals surface area (Å²) in [7, 11) is 0. The minimum absolute atomic E-state index is 0.205. The molecule has 2 amide bonds. The van der Waals surface area contributed by atoms with E-state index in [9.17, 15) is 14.7 Å². The van der Waals surface area contributed by atoms with Gasteiger partial charge in [0, 0.05) is 0 Å². The van der Waals surface area contributed by atoms with E-state index >= 15 is 0 Å². The SMILES string of the molecule is Cc1occc1C(=O)NNC(=O)c1nn(-c2ccccc2)cc1O. The van der Waals surface area contributed by atoms with Gasteiger partial charge in [-0.3, -0.25) is 20.4 Å². The molecule has 1 aromatic carbocycles. The maximum Gasteiger partial charge on any atom is 0.294 e. The standard InChI is InChI=1S/C16H14N4O4/c1-10-12(7-8-24-10)15(22)17-18-16(23)14-13(21)9-20(19-14)11-5-3-2-4-6-11/h2-9,21H,1H3,(H,17,22)(H,18,23). The highest BCUT2D eigenvalue weighted by Gasteiger charge is 2.18.